The summed E-state index contributed by atoms with van der Waals surface area (Å²) in [5, 5.41) is 0. The van der Waals surface area contributed by atoms with Gasteiger partial charge in [-0.25, -0.2) is 8.42 Å². The second kappa shape index (κ2) is 3.68. The van der Waals surface area contributed by atoms with E-state index in [4.69, 9.17) is 5.73 Å². The maximum absolute atomic E-state index is 11.7. The highest BCUT2D eigenvalue weighted by molar-refractivity contribution is 9.10. The van der Waals surface area contributed by atoms with Crippen molar-refractivity contribution < 1.29 is 8.42 Å². The third-order valence-corrected chi connectivity index (χ3v) is 4.83. The Morgan fingerprint density at radius 1 is 1.40 bits per heavy atom. The SMILES string of the molecule is Nc1ccc(N2CCCS2(=O)=O)c(Br)c1. The van der Waals surface area contributed by atoms with Crippen LogP contribution in [0.25, 0.3) is 0 Å². The summed E-state index contributed by atoms with van der Waals surface area (Å²) in [6.45, 7) is 0.546. The monoisotopic (exact) mass is 290 g/mol. The standard InChI is InChI=1S/C9H11BrN2O2S/c10-8-6-7(11)2-3-9(8)12-4-1-5-15(12,13)14/h2-3,6H,1,4-5,11H2. The Hall–Kier alpha value is -0.750. The first-order valence-corrected chi connectivity index (χ1v) is 6.96. The van der Waals surface area contributed by atoms with Gasteiger partial charge in [-0.3, -0.25) is 4.31 Å². The molecule has 0 saturated carbocycles. The third kappa shape index (κ3) is 1.96. The molecule has 1 aromatic carbocycles. The summed E-state index contributed by atoms with van der Waals surface area (Å²) in [6.07, 6.45) is 0.680. The van der Waals surface area contributed by atoms with Crippen LogP contribution in [0.3, 0.4) is 0 Å². The third-order valence-electron chi connectivity index (χ3n) is 2.34. The normalized spacial score (nSPS) is 19.4. The largest absolute Gasteiger partial charge is 0.399 e. The van der Waals surface area contributed by atoms with Gasteiger partial charge in [0.2, 0.25) is 10.0 Å². The van der Waals surface area contributed by atoms with E-state index in [0.29, 0.717) is 28.8 Å². The molecule has 2 rings (SSSR count). The van der Waals surface area contributed by atoms with Gasteiger partial charge in [0.15, 0.2) is 0 Å². The Labute approximate surface area is 97.2 Å². The van der Waals surface area contributed by atoms with Crippen LogP contribution in [-0.2, 0) is 10.0 Å². The molecule has 1 aliphatic rings. The molecule has 15 heavy (non-hydrogen) atoms. The van der Waals surface area contributed by atoms with E-state index in [0.717, 1.165) is 0 Å². The lowest BCUT2D eigenvalue weighted by Crippen LogP contribution is -2.25. The fourth-order valence-corrected chi connectivity index (χ4v) is 3.94. The van der Waals surface area contributed by atoms with E-state index < -0.39 is 10.0 Å². The molecule has 2 N–H and O–H groups in total. The molecular weight excluding hydrogens is 280 g/mol. The second-order valence-electron chi connectivity index (χ2n) is 3.45. The maximum Gasteiger partial charge on any atom is 0.235 e. The summed E-state index contributed by atoms with van der Waals surface area (Å²) in [5.74, 6) is 0.226. The van der Waals surface area contributed by atoms with Crippen LogP contribution in [0, 0.1) is 0 Å². The molecule has 0 amide bonds. The second-order valence-corrected chi connectivity index (χ2v) is 6.32. The van der Waals surface area contributed by atoms with Crippen molar-refractivity contribution in [2.45, 2.75) is 6.42 Å². The van der Waals surface area contributed by atoms with Gasteiger partial charge in [0, 0.05) is 16.7 Å². The van der Waals surface area contributed by atoms with Crippen molar-refractivity contribution in [3.63, 3.8) is 0 Å². The van der Waals surface area contributed by atoms with Crippen molar-refractivity contribution in [1.29, 1.82) is 0 Å². The molecule has 1 fully saturated rings. The number of nitrogens with two attached hydrogens (primary N) is 1. The molecule has 1 aliphatic heterocycles. The number of benzene rings is 1. The first-order chi connectivity index (χ1) is 7.00. The Morgan fingerprint density at radius 3 is 2.67 bits per heavy atom. The smallest absolute Gasteiger partial charge is 0.235 e. The van der Waals surface area contributed by atoms with Crippen LogP contribution in [-0.4, -0.2) is 20.7 Å². The van der Waals surface area contributed by atoms with Crippen LogP contribution in [0.4, 0.5) is 11.4 Å². The van der Waals surface area contributed by atoms with Crippen molar-refractivity contribution in [3.8, 4) is 0 Å². The summed E-state index contributed by atoms with van der Waals surface area (Å²) in [4.78, 5) is 0. The Morgan fingerprint density at radius 2 is 2.13 bits per heavy atom. The fourth-order valence-electron chi connectivity index (χ4n) is 1.64. The van der Waals surface area contributed by atoms with Gasteiger partial charge in [0.25, 0.3) is 0 Å². The highest BCUT2D eigenvalue weighted by atomic mass is 79.9. The van der Waals surface area contributed by atoms with Gasteiger partial charge >= 0.3 is 0 Å². The topological polar surface area (TPSA) is 63.4 Å². The van der Waals surface area contributed by atoms with Gasteiger partial charge < -0.3 is 5.73 Å². The van der Waals surface area contributed by atoms with Gasteiger partial charge in [0.1, 0.15) is 0 Å². The average molecular weight is 291 g/mol. The lowest BCUT2D eigenvalue weighted by Gasteiger charge is -2.18. The summed E-state index contributed by atoms with van der Waals surface area (Å²) in [6, 6.07) is 5.14. The molecule has 0 aromatic heterocycles. The minimum atomic E-state index is -3.11. The Kier molecular flexibility index (Phi) is 2.64. The lowest BCUT2D eigenvalue weighted by atomic mass is 10.3. The first-order valence-electron chi connectivity index (χ1n) is 4.56. The number of hydrogen-bond donors (Lipinski definition) is 1. The Balaban J connectivity index is 2.46. The molecule has 4 nitrogen and oxygen atoms in total. The van der Waals surface area contributed by atoms with E-state index in [-0.39, 0.29) is 5.75 Å². The van der Waals surface area contributed by atoms with Crippen molar-refractivity contribution in [3.05, 3.63) is 22.7 Å². The number of rotatable bonds is 1. The quantitative estimate of drug-likeness (QED) is 0.799. The number of nitrogen functional groups attached to an aromatic ring is 1. The highest BCUT2D eigenvalue weighted by Crippen LogP contribution is 2.32. The molecule has 0 spiro atoms. The number of nitrogens with zero attached hydrogens (tertiary/aromatic N) is 1. The van der Waals surface area contributed by atoms with Crippen molar-refractivity contribution in [1.82, 2.24) is 0 Å². The minimum Gasteiger partial charge on any atom is -0.399 e. The van der Waals surface area contributed by atoms with E-state index in [1.54, 1.807) is 18.2 Å². The van der Waals surface area contributed by atoms with Gasteiger partial charge in [-0.05, 0) is 40.5 Å². The molecule has 0 unspecified atom stereocenters. The average Bonchev–Trinajstić information content (AvgIpc) is 2.46. The number of sulfonamides is 1. The molecule has 1 aromatic rings. The summed E-state index contributed by atoms with van der Waals surface area (Å²) in [5.41, 5.74) is 6.88. The molecule has 1 heterocycles. The molecule has 0 radical (unpaired) electrons. The van der Waals surface area contributed by atoms with E-state index in [1.807, 2.05) is 0 Å². The molecule has 6 heteroatoms. The van der Waals surface area contributed by atoms with Crippen molar-refractivity contribution >= 4 is 37.3 Å². The zero-order valence-electron chi connectivity index (χ0n) is 7.98. The van der Waals surface area contributed by atoms with Crippen LogP contribution >= 0.6 is 15.9 Å². The fraction of sp³-hybridized carbons (Fsp3) is 0.333. The number of hydrogen-bond acceptors (Lipinski definition) is 3. The first kappa shape index (κ1) is 10.8. The predicted molar refractivity (Wildman–Crippen MR) is 64.3 cm³/mol. The van der Waals surface area contributed by atoms with E-state index in [2.05, 4.69) is 15.9 Å². The minimum absolute atomic E-state index is 0.226. The number of anilines is 2. The van der Waals surface area contributed by atoms with Crippen LogP contribution in [0.2, 0.25) is 0 Å². The molecule has 1 saturated heterocycles. The molecule has 0 atom stereocenters. The van der Waals surface area contributed by atoms with E-state index >= 15 is 0 Å². The number of halogens is 1. The van der Waals surface area contributed by atoms with Crippen LogP contribution in [0.5, 0.6) is 0 Å². The van der Waals surface area contributed by atoms with Gasteiger partial charge in [-0.1, -0.05) is 0 Å². The maximum atomic E-state index is 11.7. The van der Waals surface area contributed by atoms with Gasteiger partial charge in [0.05, 0.1) is 11.4 Å². The summed E-state index contributed by atoms with van der Waals surface area (Å²) < 4.78 is 25.5. The lowest BCUT2D eigenvalue weighted by molar-refractivity contribution is 0.599. The summed E-state index contributed by atoms with van der Waals surface area (Å²) in [7, 11) is -3.11. The predicted octanol–water partition coefficient (Wildman–Crippen LogP) is 1.57. The zero-order chi connectivity index (χ0) is 11.1. The van der Waals surface area contributed by atoms with Gasteiger partial charge in [-0.2, -0.15) is 0 Å². The van der Waals surface area contributed by atoms with Gasteiger partial charge in [-0.15, -0.1) is 0 Å². The molecule has 0 aliphatic carbocycles. The van der Waals surface area contributed by atoms with Crippen LogP contribution in [0.15, 0.2) is 22.7 Å². The van der Waals surface area contributed by atoms with E-state index in [1.165, 1.54) is 4.31 Å². The highest BCUT2D eigenvalue weighted by Gasteiger charge is 2.29. The van der Waals surface area contributed by atoms with Crippen LogP contribution in [0.1, 0.15) is 6.42 Å². The van der Waals surface area contributed by atoms with E-state index in [9.17, 15) is 8.42 Å². The Bertz CT molecular complexity index is 487. The van der Waals surface area contributed by atoms with Crippen molar-refractivity contribution in [2.24, 2.45) is 0 Å². The molecule has 0 bridgehead atoms. The molecule has 82 valence electrons. The van der Waals surface area contributed by atoms with Crippen LogP contribution < -0.4 is 10.0 Å². The zero-order valence-corrected chi connectivity index (χ0v) is 10.4. The van der Waals surface area contributed by atoms with Crippen molar-refractivity contribution in [2.75, 3.05) is 22.3 Å². The summed E-state index contributed by atoms with van der Waals surface area (Å²) >= 11 is 3.32. The molecular formula is C9H11BrN2O2S.